The van der Waals surface area contributed by atoms with Gasteiger partial charge in [-0.25, -0.2) is 0 Å². The van der Waals surface area contributed by atoms with Crippen molar-refractivity contribution >= 4 is 135 Å². The number of aromatic amines is 1. The molecule has 1 aliphatic heterocycles. The average Bonchev–Trinajstić information content (AvgIpc) is 1.78. The highest BCUT2D eigenvalue weighted by atomic mass is 32.2. The SMILES string of the molecule is CC(C)C[C@@H]1NC(=O)[C@H](CCCNC(=N)N)NC(=O)[C@H](Cc2ccccc2)N(C)C(=O)[C@H](C)N(C)C(=O)[C@H](CCCNC(=N)N)NC(=O)[C@H](Cc2ccc(-c3ccccc3)cc2)NC(=O)[C@H](C(C)C)NC(=O)[C@H](Cc2c[nH]c3ccccc23)NC(=O)[C@H](CC(=O)O)NC(=O)[C@H](Cc2ccc(O)cc2)NC(=O)[C@H](Cc2ccccc2)NC(=O)CSC[C@@H](C(=O)NCC(N)=O)NC(=O)[C@H](CO)NC(=O)[C@H](C(C)C)NC1=O. The molecule has 1 aliphatic rings. The normalized spacial score (nSPS) is 22.3. The molecule has 8 rings (SSSR count). The maximum Gasteiger partial charge on any atom is 0.305 e. The Hall–Kier alpha value is -15.5. The number of primary amides is 1. The van der Waals surface area contributed by atoms with Gasteiger partial charge in [-0.05, 0) is 114 Å². The van der Waals surface area contributed by atoms with Gasteiger partial charge in [-0.15, -0.1) is 11.8 Å². The molecule has 2 heterocycles. The van der Waals surface area contributed by atoms with Crippen molar-refractivity contribution in [1.29, 1.82) is 10.8 Å². The fourth-order valence-electron chi connectivity index (χ4n) is 15.9. The van der Waals surface area contributed by atoms with Crippen molar-refractivity contribution in [2.75, 3.05) is 51.8 Å². The number of aliphatic hydroxyl groups is 1. The number of aromatic hydroxyl groups is 1. The second-order valence-electron chi connectivity index (χ2n) is 36.4. The van der Waals surface area contributed by atoms with E-state index in [4.69, 9.17) is 28.0 Å². The van der Waals surface area contributed by atoms with E-state index in [9.17, 15) is 48.9 Å². The number of nitrogens with zero attached hydrogens (tertiary/aromatic N) is 2. The molecule has 0 unspecified atom stereocenters. The number of thioether (sulfide) groups is 1. The Kier molecular flexibility index (Phi) is 44.4. The van der Waals surface area contributed by atoms with Crippen LogP contribution in [-0.2, 0) is 114 Å². The van der Waals surface area contributed by atoms with Gasteiger partial charge in [0.2, 0.25) is 94.5 Å². The Morgan fingerprint density at radius 1 is 0.444 bits per heavy atom. The Morgan fingerprint density at radius 2 is 0.861 bits per heavy atom. The highest BCUT2D eigenvalue weighted by Gasteiger charge is 2.42. The van der Waals surface area contributed by atoms with Crippen LogP contribution in [0.25, 0.3) is 22.0 Å². The summed E-state index contributed by atoms with van der Waals surface area (Å²) in [5.74, 6) is -22.1. The molecule has 0 bridgehead atoms. The van der Waals surface area contributed by atoms with Gasteiger partial charge in [-0.3, -0.25) is 92.3 Å². The van der Waals surface area contributed by atoms with Crippen LogP contribution in [0.1, 0.15) is 115 Å². The van der Waals surface area contributed by atoms with Gasteiger partial charge in [0.25, 0.3) is 0 Å². The van der Waals surface area contributed by atoms with Crippen LogP contribution >= 0.6 is 11.8 Å². The first kappa shape index (κ1) is 114. The number of guanidine groups is 2. The molecule has 1 saturated heterocycles. The zero-order chi connectivity index (χ0) is 106. The molecule has 1 fully saturated rings. The molecular formula is C100H133N23O20S. The van der Waals surface area contributed by atoms with Crippen LogP contribution in [0.15, 0.2) is 170 Å². The van der Waals surface area contributed by atoms with Crippen molar-refractivity contribution < 1.29 is 96.8 Å². The second-order valence-corrected chi connectivity index (χ2v) is 37.4. The van der Waals surface area contributed by atoms with Crippen molar-refractivity contribution in [3.63, 3.8) is 0 Å². The molecule has 43 nitrogen and oxygen atoms in total. The zero-order valence-electron chi connectivity index (χ0n) is 81.8. The lowest BCUT2D eigenvalue weighted by molar-refractivity contribution is -0.148. The van der Waals surface area contributed by atoms with Gasteiger partial charge in [-0.2, -0.15) is 0 Å². The third-order valence-corrected chi connectivity index (χ3v) is 25.0. The first-order valence-corrected chi connectivity index (χ1v) is 48.5. The number of amides is 16. The largest absolute Gasteiger partial charge is 0.508 e. The predicted molar refractivity (Wildman–Crippen MR) is 538 cm³/mol. The third-order valence-electron chi connectivity index (χ3n) is 24.0. The minimum absolute atomic E-state index is 0.00681. The number of phenolic OH excluding ortho intramolecular Hbond substituents is 1. The smallest absolute Gasteiger partial charge is 0.305 e. The van der Waals surface area contributed by atoms with E-state index in [0.29, 0.717) is 44.9 Å². The monoisotopic (exact) mass is 2010 g/mol. The molecule has 44 heteroatoms. The van der Waals surface area contributed by atoms with Gasteiger partial charge in [0.15, 0.2) is 11.9 Å². The molecule has 774 valence electrons. The molecule has 16 amide bonds. The number of likely N-dealkylation sites (N-methyl/N-ethyl adjacent to an activating group) is 2. The van der Waals surface area contributed by atoms with E-state index < -0.39 is 246 Å². The molecule has 27 N–H and O–H groups in total. The third kappa shape index (κ3) is 35.9. The summed E-state index contributed by atoms with van der Waals surface area (Å²) in [7, 11) is 2.58. The van der Waals surface area contributed by atoms with E-state index in [0.717, 1.165) is 20.9 Å². The predicted octanol–water partition coefficient (Wildman–Crippen LogP) is -0.755. The maximum atomic E-state index is 15.6. The number of benzene rings is 6. The Balaban J connectivity index is 1.24. The molecule has 0 aliphatic carbocycles. The summed E-state index contributed by atoms with van der Waals surface area (Å²) in [5.41, 5.74) is 21.1. The van der Waals surface area contributed by atoms with Crippen LogP contribution in [0, 0.1) is 28.6 Å². The Bertz CT molecular complexity index is 5630. The second kappa shape index (κ2) is 56.2. The van der Waals surface area contributed by atoms with E-state index >= 15 is 47.9 Å². The number of hydrogen-bond donors (Lipinski definition) is 24. The molecule has 14 atom stereocenters. The number of phenols is 1. The highest BCUT2D eigenvalue weighted by Crippen LogP contribution is 2.25. The fraction of sp³-hybridized carbons (Fsp3) is 0.430. The number of nitrogens with one attached hydrogen (secondary N) is 18. The highest BCUT2D eigenvalue weighted by molar-refractivity contribution is 8.00. The van der Waals surface area contributed by atoms with Gasteiger partial charge < -0.3 is 127 Å². The topological polar surface area (TPSA) is 679 Å². The minimum atomic E-state index is -2.08. The quantitative estimate of drug-likeness (QED) is 0.0156. The number of para-hydroxylation sites is 1. The summed E-state index contributed by atoms with van der Waals surface area (Å²) in [4.78, 5) is 256. The number of nitrogens with two attached hydrogens (primary N) is 3. The first-order valence-electron chi connectivity index (χ1n) is 47.3. The Labute approximate surface area is 838 Å². The van der Waals surface area contributed by atoms with E-state index in [-0.39, 0.29) is 88.1 Å². The lowest BCUT2D eigenvalue weighted by atomic mass is 9.98. The number of hydrogen-bond acceptors (Lipinski definition) is 22. The molecule has 1 aromatic heterocycles. The summed E-state index contributed by atoms with van der Waals surface area (Å²) in [6.45, 7) is 9.11. The van der Waals surface area contributed by atoms with Gasteiger partial charge in [-0.1, -0.05) is 187 Å². The van der Waals surface area contributed by atoms with Crippen LogP contribution in [0.4, 0.5) is 0 Å². The van der Waals surface area contributed by atoms with E-state index in [1.807, 2.05) is 30.3 Å². The number of aromatic nitrogens is 1. The number of carbonyl (C=O) groups is 17. The molecule has 144 heavy (non-hydrogen) atoms. The summed E-state index contributed by atoms with van der Waals surface area (Å²) < 4.78 is 0. The van der Waals surface area contributed by atoms with Crippen LogP contribution < -0.4 is 97.0 Å². The number of fused-ring (bicyclic) bond motifs is 1. The van der Waals surface area contributed by atoms with Crippen molar-refractivity contribution in [2.45, 2.75) is 204 Å². The van der Waals surface area contributed by atoms with Gasteiger partial charge in [0.1, 0.15) is 90.3 Å². The number of H-pyrrole nitrogens is 1. The molecule has 7 aromatic rings. The fourth-order valence-corrected chi connectivity index (χ4v) is 16.8. The van der Waals surface area contributed by atoms with Crippen LogP contribution in [0.5, 0.6) is 5.75 Å². The summed E-state index contributed by atoms with van der Waals surface area (Å²) in [6.07, 6.45) is -1.63. The lowest BCUT2D eigenvalue weighted by Gasteiger charge is -2.35. The van der Waals surface area contributed by atoms with E-state index in [1.165, 1.54) is 59.1 Å². The molecule has 6 aromatic carbocycles. The van der Waals surface area contributed by atoms with Crippen LogP contribution in [-0.4, -0.2) is 279 Å². The van der Waals surface area contributed by atoms with Gasteiger partial charge in [0, 0.05) is 82.1 Å². The van der Waals surface area contributed by atoms with E-state index in [1.54, 1.807) is 143 Å². The molecule has 0 radical (unpaired) electrons. The maximum absolute atomic E-state index is 15.6. The number of carboxylic acid groups (broad SMARTS) is 1. The number of aliphatic carboxylic acids is 1. The summed E-state index contributed by atoms with van der Waals surface area (Å²) in [6, 6.07) is 22.1. The molecule has 0 saturated carbocycles. The van der Waals surface area contributed by atoms with Gasteiger partial charge in [0.05, 0.1) is 25.3 Å². The average molecular weight is 2010 g/mol. The summed E-state index contributed by atoms with van der Waals surface area (Å²) >= 11 is 0.705. The zero-order valence-corrected chi connectivity index (χ0v) is 82.6. The molecular weight excluding hydrogens is 1880 g/mol. The molecule has 0 spiro atoms. The number of rotatable bonds is 29. The number of carbonyl (C=O) groups excluding carboxylic acids is 16. The van der Waals surface area contributed by atoms with Crippen LogP contribution in [0.3, 0.4) is 0 Å². The minimum Gasteiger partial charge on any atom is -0.508 e. The van der Waals surface area contributed by atoms with Crippen molar-refractivity contribution in [1.82, 2.24) is 94.5 Å². The Morgan fingerprint density at radius 3 is 1.38 bits per heavy atom. The summed E-state index contributed by atoms with van der Waals surface area (Å²) in [5, 5.41) is 87.3. The standard InChI is InChI=1S/C100H133N23O20S/c1-55(2)43-71-91(136)120-84(57(5)6)96(141)118-77(52-124)93(138)119-78(85(130)109-51-80(101)126)53-144-54-81(127)110-72(44-59-23-13-10-14-24-59)87(132)114-73(46-62-35-39-66(125)40-36-62)89(134)116-76(49-82(128)129)90(135)115-75(48-65-50-108-68-30-20-19-29-67(65)68)92(137)121-83(56(3)4)95(140)117-74(45-61-33-37-64(38-34-61)63-27-17-12-18-28-63)88(133)112-70(32-22-42-107-100(104)105)98(143)122(8)58(7)97(142)123(9)79(47-60-25-15-11-16-26-60)94(139)111-69(86(131)113-71)31-21-41-106-99(102)103/h10-20,23-30,33-40,50,55-58,69-79,83-84,108,124-125H,21-22,31-32,41-49,51-54H2,1-9H3,(H2,101,126)(H,109,130)(H,110,127)(H,111,139)(H,112,133)(H,113,131)(H,114,132)(H,115,135)(H,116,134)(H,117,140)(H,118,141)(H,119,138)(H,120,136)(H,121,137)(H,128,129)(H4,102,103,106)(H4,104,105,107)/t58-,69-,70-,71-,72-,73-,74-,75-,76-,77-,78-,79-,83-,84-/m0/s1. The van der Waals surface area contributed by atoms with Gasteiger partial charge >= 0.3 is 5.97 Å². The van der Waals surface area contributed by atoms with Crippen LogP contribution in [0.2, 0.25) is 0 Å². The lowest BCUT2D eigenvalue weighted by Crippen LogP contribution is -2.62. The van der Waals surface area contributed by atoms with Crippen molar-refractivity contribution in [2.24, 2.45) is 35.0 Å². The van der Waals surface area contributed by atoms with Crippen molar-refractivity contribution in [3.05, 3.63) is 198 Å². The number of carboxylic acids is 1. The first-order chi connectivity index (χ1) is 68.5. The van der Waals surface area contributed by atoms with Crippen molar-refractivity contribution in [3.8, 4) is 16.9 Å². The number of aliphatic hydroxyl groups excluding tert-OH is 1. The van der Waals surface area contributed by atoms with E-state index in [2.05, 4.69) is 84.7 Å².